The zero-order valence-electron chi connectivity index (χ0n) is 9.61. The van der Waals surface area contributed by atoms with Gasteiger partial charge in [-0.25, -0.2) is 4.98 Å². The molecule has 19 heavy (non-hydrogen) atoms. The summed E-state index contributed by atoms with van der Waals surface area (Å²) in [5.74, 6) is 0.747. The molecule has 1 N–H and O–H groups in total. The van der Waals surface area contributed by atoms with Gasteiger partial charge in [-0.05, 0) is 46.3 Å². The van der Waals surface area contributed by atoms with Gasteiger partial charge in [0.15, 0.2) is 0 Å². The SMILES string of the molecule is N#Cc1cccc2[nH]c(-c3ccc(Br)cc3Br)nc12. The van der Waals surface area contributed by atoms with Crippen molar-refractivity contribution in [3.05, 3.63) is 50.9 Å². The van der Waals surface area contributed by atoms with Crippen LogP contribution in [0.5, 0.6) is 0 Å². The number of hydrogen-bond acceptors (Lipinski definition) is 2. The predicted molar refractivity (Wildman–Crippen MR) is 81.6 cm³/mol. The molecule has 1 aromatic heterocycles. The van der Waals surface area contributed by atoms with E-state index in [2.05, 4.69) is 47.9 Å². The molecule has 0 aliphatic heterocycles. The van der Waals surface area contributed by atoms with E-state index in [1.807, 2.05) is 30.3 Å². The van der Waals surface area contributed by atoms with Gasteiger partial charge in [-0.15, -0.1) is 0 Å². The van der Waals surface area contributed by atoms with Crippen molar-refractivity contribution in [1.29, 1.82) is 5.26 Å². The van der Waals surface area contributed by atoms with Gasteiger partial charge >= 0.3 is 0 Å². The van der Waals surface area contributed by atoms with E-state index in [9.17, 15) is 0 Å². The van der Waals surface area contributed by atoms with Gasteiger partial charge in [-0.2, -0.15) is 5.26 Å². The molecular weight excluding hydrogens is 370 g/mol. The molecule has 0 aliphatic carbocycles. The molecule has 5 heteroatoms. The minimum absolute atomic E-state index is 0.577. The first kappa shape index (κ1) is 12.4. The van der Waals surface area contributed by atoms with Gasteiger partial charge in [0, 0.05) is 14.5 Å². The van der Waals surface area contributed by atoms with Crippen molar-refractivity contribution in [2.45, 2.75) is 0 Å². The average molecular weight is 377 g/mol. The monoisotopic (exact) mass is 375 g/mol. The van der Waals surface area contributed by atoms with Crippen LogP contribution < -0.4 is 0 Å². The number of hydrogen-bond donors (Lipinski definition) is 1. The number of halogens is 2. The average Bonchev–Trinajstić information content (AvgIpc) is 2.81. The van der Waals surface area contributed by atoms with Crippen molar-refractivity contribution in [3.8, 4) is 17.5 Å². The molecule has 1 heterocycles. The van der Waals surface area contributed by atoms with Crippen LogP contribution in [0, 0.1) is 11.3 Å². The third-order valence-electron chi connectivity index (χ3n) is 2.82. The topological polar surface area (TPSA) is 52.5 Å². The number of imidazole rings is 1. The quantitative estimate of drug-likeness (QED) is 0.673. The highest BCUT2D eigenvalue weighted by molar-refractivity contribution is 9.11. The Balaban J connectivity index is 2.24. The number of aromatic nitrogens is 2. The maximum atomic E-state index is 9.09. The molecule has 0 radical (unpaired) electrons. The van der Waals surface area contributed by atoms with E-state index in [0.717, 1.165) is 25.8 Å². The molecule has 0 atom stereocenters. The van der Waals surface area contributed by atoms with Gasteiger partial charge in [0.1, 0.15) is 17.4 Å². The Morgan fingerprint density at radius 2 is 2.00 bits per heavy atom. The number of rotatable bonds is 1. The Morgan fingerprint density at radius 3 is 2.74 bits per heavy atom. The van der Waals surface area contributed by atoms with Gasteiger partial charge in [-0.1, -0.05) is 22.0 Å². The fraction of sp³-hybridized carbons (Fsp3) is 0. The number of nitrogens with one attached hydrogen (secondary N) is 1. The van der Waals surface area contributed by atoms with Crippen LogP contribution in [0.3, 0.4) is 0 Å². The van der Waals surface area contributed by atoms with Crippen molar-refractivity contribution in [1.82, 2.24) is 9.97 Å². The van der Waals surface area contributed by atoms with Gasteiger partial charge in [-0.3, -0.25) is 0 Å². The fourth-order valence-corrected chi connectivity index (χ4v) is 3.17. The van der Waals surface area contributed by atoms with Crippen LogP contribution in [-0.4, -0.2) is 9.97 Å². The van der Waals surface area contributed by atoms with Crippen LogP contribution in [0.4, 0.5) is 0 Å². The summed E-state index contributed by atoms with van der Waals surface area (Å²) in [6.07, 6.45) is 0. The highest BCUT2D eigenvalue weighted by Crippen LogP contribution is 2.30. The summed E-state index contributed by atoms with van der Waals surface area (Å²) in [7, 11) is 0. The Bertz CT molecular complexity index is 815. The third kappa shape index (κ3) is 2.18. The van der Waals surface area contributed by atoms with Gasteiger partial charge < -0.3 is 4.98 Å². The van der Waals surface area contributed by atoms with Gasteiger partial charge in [0.05, 0.1) is 11.1 Å². The molecule has 0 saturated carbocycles. The number of nitrogens with zero attached hydrogens (tertiary/aromatic N) is 2. The molecule has 0 bridgehead atoms. The molecule has 0 saturated heterocycles. The van der Waals surface area contributed by atoms with E-state index in [1.54, 1.807) is 6.07 Å². The van der Waals surface area contributed by atoms with Crippen molar-refractivity contribution in [3.63, 3.8) is 0 Å². The molecule has 3 rings (SSSR count). The first-order chi connectivity index (χ1) is 9.19. The lowest BCUT2D eigenvalue weighted by molar-refractivity contribution is 1.32. The minimum Gasteiger partial charge on any atom is -0.338 e. The zero-order valence-corrected chi connectivity index (χ0v) is 12.8. The standard InChI is InChI=1S/C14H7Br2N3/c15-9-4-5-10(11(16)6-9)14-18-12-3-1-2-8(7-17)13(12)19-14/h1-6H,(H,18,19). The molecule has 2 aromatic carbocycles. The number of fused-ring (bicyclic) bond motifs is 1. The number of aromatic amines is 1. The Morgan fingerprint density at radius 1 is 1.16 bits per heavy atom. The van der Waals surface area contributed by atoms with E-state index in [1.165, 1.54) is 0 Å². The van der Waals surface area contributed by atoms with E-state index in [-0.39, 0.29) is 0 Å². The third-order valence-corrected chi connectivity index (χ3v) is 3.97. The van der Waals surface area contributed by atoms with Crippen LogP contribution >= 0.6 is 31.9 Å². The van der Waals surface area contributed by atoms with Crippen LogP contribution in [0.1, 0.15) is 5.56 Å². The first-order valence-electron chi connectivity index (χ1n) is 5.53. The molecule has 0 aliphatic rings. The molecule has 3 nitrogen and oxygen atoms in total. The van der Waals surface area contributed by atoms with E-state index >= 15 is 0 Å². The molecule has 3 aromatic rings. The minimum atomic E-state index is 0.577. The largest absolute Gasteiger partial charge is 0.338 e. The highest BCUT2D eigenvalue weighted by atomic mass is 79.9. The number of benzene rings is 2. The fourth-order valence-electron chi connectivity index (χ4n) is 1.93. The molecule has 0 fully saturated rings. The summed E-state index contributed by atoms with van der Waals surface area (Å²) in [6, 6.07) is 13.6. The maximum Gasteiger partial charge on any atom is 0.139 e. The number of H-pyrrole nitrogens is 1. The number of para-hydroxylation sites is 1. The second-order valence-corrected chi connectivity index (χ2v) is 5.79. The lowest BCUT2D eigenvalue weighted by Crippen LogP contribution is -1.82. The lowest BCUT2D eigenvalue weighted by Gasteiger charge is -2.00. The van der Waals surface area contributed by atoms with Crippen LogP contribution in [-0.2, 0) is 0 Å². The van der Waals surface area contributed by atoms with Crippen molar-refractivity contribution in [2.24, 2.45) is 0 Å². The van der Waals surface area contributed by atoms with E-state index in [0.29, 0.717) is 11.1 Å². The van der Waals surface area contributed by atoms with Crippen molar-refractivity contribution < 1.29 is 0 Å². The Kier molecular flexibility index (Phi) is 3.13. The Labute approximate surface area is 126 Å². The maximum absolute atomic E-state index is 9.09. The number of nitriles is 1. The lowest BCUT2D eigenvalue weighted by atomic mass is 10.2. The molecule has 0 amide bonds. The van der Waals surface area contributed by atoms with Crippen LogP contribution in [0.25, 0.3) is 22.4 Å². The Hall–Kier alpha value is -1.64. The van der Waals surface area contributed by atoms with Crippen molar-refractivity contribution >= 4 is 42.9 Å². The summed E-state index contributed by atoms with van der Waals surface area (Å²) in [6.45, 7) is 0. The van der Waals surface area contributed by atoms with Crippen molar-refractivity contribution in [2.75, 3.05) is 0 Å². The normalized spacial score (nSPS) is 10.6. The summed E-state index contributed by atoms with van der Waals surface area (Å²) < 4.78 is 1.94. The molecular formula is C14H7Br2N3. The molecule has 0 unspecified atom stereocenters. The summed E-state index contributed by atoms with van der Waals surface area (Å²) in [4.78, 5) is 7.76. The molecule has 92 valence electrons. The van der Waals surface area contributed by atoms with Gasteiger partial charge in [0.25, 0.3) is 0 Å². The van der Waals surface area contributed by atoms with Gasteiger partial charge in [0.2, 0.25) is 0 Å². The van der Waals surface area contributed by atoms with Crippen LogP contribution in [0.2, 0.25) is 0 Å². The highest BCUT2D eigenvalue weighted by Gasteiger charge is 2.11. The van der Waals surface area contributed by atoms with E-state index < -0.39 is 0 Å². The molecule has 0 spiro atoms. The summed E-state index contributed by atoms with van der Waals surface area (Å²) >= 11 is 6.94. The van der Waals surface area contributed by atoms with E-state index in [4.69, 9.17) is 5.26 Å². The second kappa shape index (κ2) is 4.80. The predicted octanol–water partition coefficient (Wildman–Crippen LogP) is 4.63. The second-order valence-electron chi connectivity index (χ2n) is 4.02. The zero-order chi connectivity index (χ0) is 13.4. The smallest absolute Gasteiger partial charge is 0.139 e. The summed E-state index contributed by atoms with van der Waals surface area (Å²) in [5.41, 5.74) is 3.11. The first-order valence-corrected chi connectivity index (χ1v) is 7.12. The van der Waals surface area contributed by atoms with Crippen LogP contribution in [0.15, 0.2) is 45.3 Å². The summed E-state index contributed by atoms with van der Waals surface area (Å²) in [5, 5.41) is 9.09.